The van der Waals surface area contributed by atoms with Crippen LogP contribution >= 0.6 is 106 Å². The quantitative estimate of drug-likeness (QED) is 0.0359. The highest BCUT2D eigenvalue weighted by Crippen LogP contribution is 2.46. The average Bonchev–Trinajstić information content (AvgIpc) is 0.866. The summed E-state index contributed by atoms with van der Waals surface area (Å²) in [5.74, 6) is 14.9. The molecule has 640 valence electrons. The SMILES string of the molecule is CC(C)(C)CC(=O)SCCC1CC(CCSC(=O)CCCCCCCNC(=O)SCCC2CCC(CCSC(=O)NC(C)(C)C)CC2CCSC(=O)CC2CCC(CC3CCC(CC(=O)SCCC4CC(CCSC(=O)NC(C)(C)C)CCC4CCSC(=O)NC(C)(C)C)CC3)CC2)CCC1CCSC(=O)NC(C)(C)C. The van der Waals surface area contributed by atoms with E-state index in [9.17, 15) is 43.2 Å². The van der Waals surface area contributed by atoms with E-state index in [0.717, 1.165) is 224 Å². The largest absolute Gasteiger partial charge is 0.347 e. The van der Waals surface area contributed by atoms with E-state index in [0.29, 0.717) is 113 Å². The zero-order chi connectivity index (χ0) is 81.6. The van der Waals surface area contributed by atoms with Crippen LogP contribution in [0.4, 0.5) is 24.0 Å². The van der Waals surface area contributed by atoms with E-state index in [1.807, 2.05) is 83.1 Å². The van der Waals surface area contributed by atoms with Crippen LogP contribution in [0, 0.1) is 82.3 Å². The molecule has 5 fully saturated rings. The summed E-state index contributed by atoms with van der Waals surface area (Å²) >= 11 is 13.2. The second-order valence-electron chi connectivity index (χ2n) is 39.4. The number of hydrogen-bond acceptors (Lipinski definition) is 18. The minimum atomic E-state index is -0.253. The average molecular weight is 1720 g/mol. The molecular formula is C88H155N5O9S9. The molecule has 23 heteroatoms. The summed E-state index contributed by atoms with van der Waals surface area (Å²) in [6.45, 7) is 31.2. The van der Waals surface area contributed by atoms with Crippen LogP contribution in [0.1, 0.15) is 335 Å². The van der Waals surface area contributed by atoms with Crippen LogP contribution in [-0.4, -0.2) is 127 Å². The summed E-state index contributed by atoms with van der Waals surface area (Å²) in [4.78, 5) is 116. The number of carbonyl (C=O) groups is 9. The molecule has 5 N–H and O–H groups in total. The first-order valence-electron chi connectivity index (χ1n) is 43.6. The van der Waals surface area contributed by atoms with Crippen LogP contribution in [0.15, 0.2) is 0 Å². The Kier molecular flexibility index (Phi) is 48.2. The van der Waals surface area contributed by atoms with Crippen LogP contribution in [-0.2, 0) is 19.2 Å². The molecule has 5 rings (SSSR count). The number of carbonyl (C=O) groups excluding carboxylic acids is 9. The standard InChI is InChI=1S/C88H155N5O9S9/c1-84(2,3)61-78(97)106-51-44-74-56-66(30-33-71(74)41-54-111-83(102)93-88(13,14)15)36-46-103-75(94)21-19-17-16-18-20-45-89-79(98)107-52-39-69-34-31-67(37-47-108-80(99)90-85(4,5)6)57-72(69)42-49-104-76(95)59-64-26-22-62(23-27-64)55-63-24-28-65(29-25-63)60-77(96)105-50-43-73-58-68(38-48-109-81(100)91-86(7,8)9)32-35-70(73)40-53-110-82(101)92-87(10,11)12/h62-74H,16-61H2,1-15H3,(H,89,98)(H,90,99)(H,91,100)(H,92,101)(H,93,102). The molecule has 0 radical (unpaired) electrons. The molecule has 0 spiro atoms. The van der Waals surface area contributed by atoms with Gasteiger partial charge >= 0.3 is 0 Å². The lowest BCUT2D eigenvalue weighted by atomic mass is 9.71. The Morgan fingerprint density at radius 3 is 0.892 bits per heavy atom. The van der Waals surface area contributed by atoms with Crippen LogP contribution < -0.4 is 26.6 Å². The predicted octanol–water partition coefficient (Wildman–Crippen LogP) is 25.6. The van der Waals surface area contributed by atoms with Gasteiger partial charge in [-0.25, -0.2) is 0 Å². The van der Waals surface area contributed by atoms with Crippen molar-refractivity contribution in [1.82, 2.24) is 26.6 Å². The Morgan fingerprint density at radius 2 is 0.541 bits per heavy atom. The normalized spacial score (nSPS) is 25.0. The number of rotatable bonds is 42. The van der Waals surface area contributed by atoms with Gasteiger partial charge in [-0.3, -0.25) is 43.2 Å². The Hall–Kier alpha value is -0.820. The van der Waals surface area contributed by atoms with E-state index in [-0.39, 0.29) is 58.9 Å². The molecule has 5 amide bonds. The van der Waals surface area contributed by atoms with Gasteiger partial charge < -0.3 is 26.6 Å². The van der Waals surface area contributed by atoms with E-state index in [1.54, 1.807) is 23.5 Å². The summed E-state index contributed by atoms with van der Waals surface area (Å²) in [5, 5.41) is 17.0. The smallest absolute Gasteiger partial charge is 0.279 e. The number of nitrogens with one attached hydrogen (secondary N) is 5. The molecule has 9 atom stereocenters. The Labute approximate surface area is 714 Å². The van der Waals surface area contributed by atoms with Gasteiger partial charge in [-0.15, -0.1) is 0 Å². The second-order valence-corrected chi connectivity index (χ2v) is 49.3. The molecule has 5 saturated carbocycles. The third-order valence-corrected chi connectivity index (χ3v) is 31.2. The molecule has 14 nitrogen and oxygen atoms in total. The van der Waals surface area contributed by atoms with Crippen molar-refractivity contribution in [3.63, 3.8) is 0 Å². The minimum Gasteiger partial charge on any atom is -0.347 e. The molecule has 0 aromatic heterocycles. The van der Waals surface area contributed by atoms with Crippen molar-refractivity contribution in [2.24, 2.45) is 82.3 Å². The van der Waals surface area contributed by atoms with Gasteiger partial charge in [0, 0.05) is 106 Å². The summed E-state index contributed by atoms with van der Waals surface area (Å²) in [6.07, 6.45) is 37.9. The third kappa shape index (κ3) is 48.9. The first-order chi connectivity index (χ1) is 52.3. The Bertz CT molecular complexity index is 2770. The van der Waals surface area contributed by atoms with Crippen molar-refractivity contribution < 1.29 is 43.2 Å². The molecule has 0 aromatic rings. The van der Waals surface area contributed by atoms with Gasteiger partial charge in [-0.05, 0) is 307 Å². The first-order valence-corrected chi connectivity index (χ1v) is 52.5. The number of unbranched alkanes of at least 4 members (excludes halogenated alkanes) is 4. The number of amides is 5. The van der Waals surface area contributed by atoms with Crippen LogP contribution in [0.3, 0.4) is 0 Å². The van der Waals surface area contributed by atoms with Crippen molar-refractivity contribution >= 4 is 153 Å². The Balaban J connectivity index is 0.934. The fourth-order valence-corrected chi connectivity index (χ4v) is 26.6. The zero-order valence-electron chi connectivity index (χ0n) is 71.9. The Morgan fingerprint density at radius 1 is 0.270 bits per heavy atom. The molecule has 9 unspecified atom stereocenters. The van der Waals surface area contributed by atoms with E-state index >= 15 is 0 Å². The molecule has 0 saturated heterocycles. The van der Waals surface area contributed by atoms with Gasteiger partial charge in [0.25, 0.3) is 26.2 Å². The van der Waals surface area contributed by atoms with Crippen molar-refractivity contribution in [3.05, 3.63) is 0 Å². The van der Waals surface area contributed by atoms with Gasteiger partial charge in [0.2, 0.25) is 0 Å². The van der Waals surface area contributed by atoms with Gasteiger partial charge in [0.15, 0.2) is 20.5 Å². The molecule has 111 heavy (non-hydrogen) atoms. The van der Waals surface area contributed by atoms with E-state index in [1.165, 1.54) is 127 Å². The monoisotopic (exact) mass is 1710 g/mol. The third-order valence-electron chi connectivity index (χ3n) is 23.4. The van der Waals surface area contributed by atoms with Gasteiger partial charge in [0.05, 0.1) is 0 Å². The lowest BCUT2D eigenvalue weighted by Gasteiger charge is -2.36. The molecule has 5 aliphatic carbocycles. The van der Waals surface area contributed by atoms with Gasteiger partial charge in [-0.2, -0.15) is 0 Å². The van der Waals surface area contributed by atoms with Gasteiger partial charge in [-0.1, -0.05) is 191 Å². The highest BCUT2D eigenvalue weighted by atomic mass is 32.2. The van der Waals surface area contributed by atoms with E-state index in [2.05, 4.69) is 47.4 Å². The maximum Gasteiger partial charge on any atom is 0.279 e. The molecule has 0 aliphatic heterocycles. The van der Waals surface area contributed by atoms with Crippen molar-refractivity contribution in [2.45, 2.75) is 357 Å². The van der Waals surface area contributed by atoms with Crippen molar-refractivity contribution in [3.8, 4) is 0 Å². The summed E-state index contributed by atoms with van der Waals surface area (Å²) < 4.78 is 0. The molecule has 5 aliphatic rings. The fraction of sp³-hybridized carbons (Fsp3) is 0.898. The molecule has 0 aromatic carbocycles. The van der Waals surface area contributed by atoms with Crippen molar-refractivity contribution in [2.75, 3.05) is 58.3 Å². The molecule has 0 heterocycles. The summed E-state index contributed by atoms with van der Waals surface area (Å²) in [7, 11) is 0. The maximum atomic E-state index is 13.7. The lowest BCUT2D eigenvalue weighted by molar-refractivity contribution is -0.113. The highest BCUT2D eigenvalue weighted by Gasteiger charge is 2.36. The van der Waals surface area contributed by atoms with Crippen molar-refractivity contribution in [1.29, 1.82) is 0 Å². The maximum absolute atomic E-state index is 13.7. The first kappa shape index (κ1) is 101. The predicted molar refractivity (Wildman–Crippen MR) is 490 cm³/mol. The van der Waals surface area contributed by atoms with Crippen LogP contribution in [0.5, 0.6) is 0 Å². The summed E-state index contributed by atoms with van der Waals surface area (Å²) in [5.41, 5.74) is -0.985. The fourth-order valence-electron chi connectivity index (χ4n) is 17.6. The molecule has 0 bridgehead atoms. The van der Waals surface area contributed by atoms with Crippen LogP contribution in [0.25, 0.3) is 0 Å². The highest BCUT2D eigenvalue weighted by molar-refractivity contribution is 8.15. The zero-order valence-corrected chi connectivity index (χ0v) is 79.2. The lowest BCUT2D eigenvalue weighted by Crippen LogP contribution is -2.38. The number of hydrogen-bond donors (Lipinski definition) is 5. The van der Waals surface area contributed by atoms with Crippen LogP contribution in [0.2, 0.25) is 0 Å². The molecular weight excluding hydrogens is 1560 g/mol. The summed E-state index contributed by atoms with van der Waals surface area (Å²) in [6, 6.07) is 0. The van der Waals surface area contributed by atoms with Gasteiger partial charge in [0.1, 0.15) is 0 Å². The topological polar surface area (TPSA) is 214 Å². The second kappa shape index (κ2) is 53.1. The minimum absolute atomic E-state index is 0.00742. The van der Waals surface area contributed by atoms with E-state index < -0.39 is 0 Å². The van der Waals surface area contributed by atoms with E-state index in [4.69, 9.17) is 0 Å². The number of thioether (sulfide) groups is 9.